The molecule has 0 aromatic rings. The summed E-state index contributed by atoms with van der Waals surface area (Å²) in [6, 6.07) is 0. The number of halogens is 1. The zero-order valence-corrected chi connectivity index (χ0v) is 17.9. The van der Waals surface area contributed by atoms with E-state index >= 15 is 0 Å². The fourth-order valence-electron chi connectivity index (χ4n) is 4.67. The molecule has 0 aromatic heterocycles. The van der Waals surface area contributed by atoms with Crippen molar-refractivity contribution in [3.8, 4) is 0 Å². The Balaban J connectivity index is 0.00000192. The molecule has 4 heteroatoms. The number of nitrogens with zero attached hydrogens (tertiary/aromatic N) is 1. The molecule has 0 aromatic carbocycles. The number of thioether (sulfide) groups is 1. The summed E-state index contributed by atoms with van der Waals surface area (Å²) in [6.45, 7) is 2.28. The Hall–Kier alpha value is 0.550. The van der Waals surface area contributed by atoms with Gasteiger partial charge in [-0.05, 0) is 38.5 Å². The number of unbranched alkanes of at least 4 members (excludes halogenated alkanes) is 3. The summed E-state index contributed by atoms with van der Waals surface area (Å²) in [5.41, 5.74) is 0.257. The molecule has 2 fully saturated rings. The van der Waals surface area contributed by atoms with Gasteiger partial charge in [-0.25, -0.2) is 4.99 Å². The Bertz CT molecular complexity index is 382. The number of rotatable bonds is 5. The van der Waals surface area contributed by atoms with Gasteiger partial charge < -0.3 is 4.74 Å². The minimum Gasteiger partial charge on any atom is -0.469 e. The van der Waals surface area contributed by atoms with Gasteiger partial charge in [-0.15, -0.1) is 24.0 Å². The lowest BCUT2D eigenvalue weighted by Gasteiger charge is -2.49. The van der Waals surface area contributed by atoms with Gasteiger partial charge in [0, 0.05) is 11.7 Å². The SMILES string of the molecule is CCCCCCSC1=NC2(CCCCC2)C2CCCCC2O1.I. The van der Waals surface area contributed by atoms with Crippen LogP contribution in [0.2, 0.25) is 0 Å². The van der Waals surface area contributed by atoms with Crippen molar-refractivity contribution >= 4 is 41.0 Å². The molecular weight excluding hydrogens is 417 g/mol. The van der Waals surface area contributed by atoms with Crippen molar-refractivity contribution in [3.63, 3.8) is 0 Å². The molecule has 0 bridgehead atoms. The van der Waals surface area contributed by atoms with Gasteiger partial charge in [-0.3, -0.25) is 0 Å². The van der Waals surface area contributed by atoms with Crippen LogP contribution in [-0.2, 0) is 4.74 Å². The molecule has 0 N–H and O–H groups in total. The summed E-state index contributed by atoms with van der Waals surface area (Å²) in [4.78, 5) is 5.23. The van der Waals surface area contributed by atoms with Crippen LogP contribution in [-0.4, -0.2) is 22.6 Å². The summed E-state index contributed by atoms with van der Waals surface area (Å²) < 4.78 is 6.34. The van der Waals surface area contributed by atoms with E-state index in [0.29, 0.717) is 12.0 Å². The average Bonchev–Trinajstić information content (AvgIpc) is 2.56. The van der Waals surface area contributed by atoms with Crippen molar-refractivity contribution in [1.82, 2.24) is 0 Å². The molecule has 1 spiro atoms. The highest BCUT2D eigenvalue weighted by molar-refractivity contribution is 14.0. The highest BCUT2D eigenvalue weighted by Crippen LogP contribution is 2.48. The van der Waals surface area contributed by atoms with Crippen molar-refractivity contribution in [2.24, 2.45) is 10.9 Å². The first-order chi connectivity index (χ1) is 10.8. The number of aliphatic imine (C=N–C) groups is 1. The molecule has 2 aliphatic carbocycles. The summed E-state index contributed by atoms with van der Waals surface area (Å²) in [7, 11) is 0. The molecule has 3 rings (SSSR count). The highest BCUT2D eigenvalue weighted by atomic mass is 127. The first kappa shape index (κ1) is 19.9. The third-order valence-corrected chi connectivity index (χ3v) is 6.83. The average molecular weight is 451 g/mol. The van der Waals surface area contributed by atoms with Crippen molar-refractivity contribution in [3.05, 3.63) is 0 Å². The summed E-state index contributed by atoms with van der Waals surface area (Å²) in [5.74, 6) is 1.90. The van der Waals surface area contributed by atoms with E-state index in [2.05, 4.69) is 6.92 Å². The highest BCUT2D eigenvalue weighted by Gasteiger charge is 2.48. The van der Waals surface area contributed by atoms with E-state index in [1.807, 2.05) is 11.8 Å². The second kappa shape index (κ2) is 9.88. The van der Waals surface area contributed by atoms with Gasteiger partial charge in [0.15, 0.2) is 0 Å². The number of fused-ring (bicyclic) bond motifs is 2. The zero-order valence-electron chi connectivity index (χ0n) is 14.7. The van der Waals surface area contributed by atoms with Crippen LogP contribution in [0.1, 0.15) is 90.4 Å². The molecule has 1 aliphatic heterocycles. The topological polar surface area (TPSA) is 21.6 Å². The zero-order chi connectivity index (χ0) is 15.3. The van der Waals surface area contributed by atoms with Gasteiger partial charge in [0.2, 0.25) is 5.23 Å². The normalized spacial score (nSPS) is 29.2. The lowest BCUT2D eigenvalue weighted by Crippen LogP contribution is -2.51. The molecule has 0 saturated heterocycles. The van der Waals surface area contributed by atoms with Crippen LogP contribution >= 0.6 is 35.7 Å². The maximum Gasteiger partial charge on any atom is 0.246 e. The van der Waals surface area contributed by atoms with Crippen LogP contribution in [0.3, 0.4) is 0 Å². The Morgan fingerprint density at radius 1 is 1.04 bits per heavy atom. The Labute approximate surface area is 164 Å². The second-order valence-electron chi connectivity index (χ2n) is 7.50. The standard InChI is InChI=1S/C19H33NOS.HI/c1-2-3-4-10-15-22-18-20-19(13-8-5-9-14-19)16-11-6-7-12-17(16)21-18;/h16-17H,2-15H2,1H3;1H. The van der Waals surface area contributed by atoms with Crippen LogP contribution in [0.4, 0.5) is 0 Å². The fourth-order valence-corrected chi connectivity index (χ4v) is 5.64. The second-order valence-corrected chi connectivity index (χ2v) is 8.54. The van der Waals surface area contributed by atoms with Crippen LogP contribution < -0.4 is 0 Å². The molecule has 134 valence electrons. The van der Waals surface area contributed by atoms with Gasteiger partial charge in [0.25, 0.3) is 0 Å². The van der Waals surface area contributed by atoms with Gasteiger partial charge in [0.1, 0.15) is 6.10 Å². The lowest BCUT2D eigenvalue weighted by atomic mass is 9.66. The fraction of sp³-hybridized carbons (Fsp3) is 0.947. The van der Waals surface area contributed by atoms with Gasteiger partial charge in [-0.1, -0.05) is 63.6 Å². The molecule has 0 radical (unpaired) electrons. The Morgan fingerprint density at radius 2 is 1.83 bits per heavy atom. The first-order valence-corrected chi connectivity index (χ1v) is 10.7. The summed E-state index contributed by atoms with van der Waals surface area (Å²) >= 11 is 1.90. The van der Waals surface area contributed by atoms with Crippen molar-refractivity contribution in [2.45, 2.75) is 102 Å². The first-order valence-electron chi connectivity index (χ1n) is 9.73. The summed E-state index contributed by atoms with van der Waals surface area (Å²) in [5, 5.41) is 1.04. The van der Waals surface area contributed by atoms with E-state index in [4.69, 9.17) is 9.73 Å². The minimum absolute atomic E-state index is 0. The molecular formula is C19H34INOS. The third kappa shape index (κ3) is 5.02. The largest absolute Gasteiger partial charge is 0.469 e. The maximum atomic E-state index is 6.34. The van der Waals surface area contributed by atoms with E-state index in [-0.39, 0.29) is 29.5 Å². The van der Waals surface area contributed by atoms with E-state index in [1.54, 1.807) is 0 Å². The van der Waals surface area contributed by atoms with Crippen molar-refractivity contribution in [2.75, 3.05) is 5.75 Å². The van der Waals surface area contributed by atoms with Gasteiger partial charge >= 0.3 is 0 Å². The molecule has 0 amide bonds. The molecule has 2 nitrogen and oxygen atoms in total. The number of ether oxygens (including phenoxy) is 1. The molecule has 3 aliphatic rings. The van der Waals surface area contributed by atoms with Crippen molar-refractivity contribution in [1.29, 1.82) is 0 Å². The minimum atomic E-state index is 0. The molecule has 2 saturated carbocycles. The Kier molecular flexibility index (Phi) is 8.54. The van der Waals surface area contributed by atoms with E-state index in [0.717, 1.165) is 5.23 Å². The third-order valence-electron chi connectivity index (χ3n) is 5.90. The lowest BCUT2D eigenvalue weighted by molar-refractivity contribution is 0.00299. The predicted molar refractivity (Wildman–Crippen MR) is 112 cm³/mol. The predicted octanol–water partition coefficient (Wildman–Crippen LogP) is 6.57. The van der Waals surface area contributed by atoms with Crippen LogP contribution in [0.15, 0.2) is 4.99 Å². The summed E-state index contributed by atoms with van der Waals surface area (Å²) in [6.07, 6.45) is 18.0. The molecule has 23 heavy (non-hydrogen) atoms. The van der Waals surface area contributed by atoms with Gasteiger partial charge in [-0.2, -0.15) is 0 Å². The molecule has 2 unspecified atom stereocenters. The van der Waals surface area contributed by atoms with Crippen molar-refractivity contribution < 1.29 is 4.74 Å². The quantitative estimate of drug-likeness (QED) is 0.349. The number of hydrogen-bond donors (Lipinski definition) is 0. The smallest absolute Gasteiger partial charge is 0.246 e. The van der Waals surface area contributed by atoms with Crippen LogP contribution in [0.5, 0.6) is 0 Å². The van der Waals surface area contributed by atoms with E-state index < -0.39 is 0 Å². The monoisotopic (exact) mass is 451 g/mol. The van der Waals surface area contributed by atoms with E-state index in [1.165, 1.54) is 89.2 Å². The van der Waals surface area contributed by atoms with Crippen LogP contribution in [0.25, 0.3) is 0 Å². The van der Waals surface area contributed by atoms with Gasteiger partial charge in [0.05, 0.1) is 5.54 Å². The number of hydrogen-bond acceptors (Lipinski definition) is 3. The Morgan fingerprint density at radius 3 is 2.61 bits per heavy atom. The molecule has 1 heterocycles. The van der Waals surface area contributed by atoms with Crippen LogP contribution in [0, 0.1) is 5.92 Å². The van der Waals surface area contributed by atoms with E-state index in [9.17, 15) is 0 Å². The molecule has 2 atom stereocenters. The maximum absolute atomic E-state index is 6.34.